The van der Waals surface area contributed by atoms with Crippen LogP contribution in [0.5, 0.6) is 0 Å². The van der Waals surface area contributed by atoms with E-state index in [4.69, 9.17) is 5.73 Å². The summed E-state index contributed by atoms with van der Waals surface area (Å²) < 4.78 is 0. The summed E-state index contributed by atoms with van der Waals surface area (Å²) in [4.78, 5) is 4.59. The minimum absolute atomic E-state index is 0.716. The van der Waals surface area contributed by atoms with Crippen molar-refractivity contribution in [3.05, 3.63) is 0 Å². The molecule has 0 spiro atoms. The van der Waals surface area contributed by atoms with E-state index in [1.54, 1.807) is 0 Å². The van der Waals surface area contributed by atoms with Gasteiger partial charge in [-0.05, 0) is 7.05 Å². The number of hydrogen-bond acceptors (Lipinski definition) is 3. The monoisotopic (exact) mass is 129 g/mol. The molecule has 2 N–H and O–H groups in total. The molecule has 0 aromatic rings. The van der Waals surface area contributed by atoms with Gasteiger partial charge in [-0.15, -0.1) is 0 Å². The zero-order chi connectivity index (χ0) is 6.69. The Bertz CT molecular complexity index is 76.4. The maximum atomic E-state index is 5.46. The van der Waals surface area contributed by atoms with Crippen molar-refractivity contribution in [3.63, 3.8) is 0 Å². The lowest BCUT2D eigenvalue weighted by Gasteiger charge is -2.30. The van der Waals surface area contributed by atoms with Crippen LogP contribution >= 0.6 is 0 Å². The van der Waals surface area contributed by atoms with Gasteiger partial charge in [-0.3, -0.25) is 4.90 Å². The first-order valence-electron chi connectivity index (χ1n) is 3.44. The van der Waals surface area contributed by atoms with E-state index in [1.165, 1.54) is 0 Å². The highest BCUT2D eigenvalue weighted by molar-refractivity contribution is 4.66. The first kappa shape index (κ1) is 6.99. The molecule has 3 heteroatoms. The Balaban J connectivity index is 2.18. The molecule has 1 saturated heterocycles. The minimum Gasteiger partial charge on any atom is -0.318 e. The molecule has 54 valence electrons. The highest BCUT2D eigenvalue weighted by Gasteiger charge is 2.10. The lowest BCUT2D eigenvalue weighted by Crippen LogP contribution is -2.46. The van der Waals surface area contributed by atoms with Crippen LogP contribution < -0.4 is 5.73 Å². The third-order valence-corrected chi connectivity index (χ3v) is 1.85. The van der Waals surface area contributed by atoms with Crippen molar-refractivity contribution in [1.82, 2.24) is 9.80 Å². The van der Waals surface area contributed by atoms with Crippen LogP contribution in [0.3, 0.4) is 0 Å². The van der Waals surface area contributed by atoms with Crippen LogP contribution in [0.15, 0.2) is 0 Å². The topological polar surface area (TPSA) is 32.5 Å². The van der Waals surface area contributed by atoms with Crippen LogP contribution in [-0.4, -0.2) is 49.7 Å². The summed E-state index contributed by atoms with van der Waals surface area (Å²) in [7, 11) is 2.15. The van der Waals surface area contributed by atoms with E-state index < -0.39 is 0 Å². The van der Waals surface area contributed by atoms with Gasteiger partial charge in [-0.1, -0.05) is 0 Å². The van der Waals surface area contributed by atoms with Crippen LogP contribution in [0.4, 0.5) is 0 Å². The molecule has 0 aromatic carbocycles. The van der Waals surface area contributed by atoms with Crippen molar-refractivity contribution < 1.29 is 0 Å². The summed E-state index contributed by atoms with van der Waals surface area (Å²) in [6.07, 6.45) is 0. The summed E-state index contributed by atoms with van der Waals surface area (Å²) in [6.45, 7) is 5.31. The fourth-order valence-corrected chi connectivity index (χ4v) is 1.03. The molecule has 1 aliphatic rings. The zero-order valence-electron chi connectivity index (χ0n) is 6.01. The van der Waals surface area contributed by atoms with Gasteiger partial charge < -0.3 is 10.6 Å². The smallest absolute Gasteiger partial charge is 0.0456 e. The second-order valence-corrected chi connectivity index (χ2v) is 2.60. The van der Waals surface area contributed by atoms with E-state index in [-0.39, 0.29) is 0 Å². The maximum absolute atomic E-state index is 5.46. The molecular formula is C6H15N3. The fraction of sp³-hybridized carbons (Fsp3) is 1.00. The zero-order valence-corrected chi connectivity index (χ0v) is 6.01. The molecule has 1 aliphatic heterocycles. The van der Waals surface area contributed by atoms with Crippen molar-refractivity contribution >= 4 is 0 Å². The van der Waals surface area contributed by atoms with Gasteiger partial charge in [-0.2, -0.15) is 0 Å². The molecule has 0 radical (unpaired) electrons. The molecule has 0 atom stereocenters. The molecule has 0 bridgehead atoms. The average Bonchev–Trinajstić information content (AvgIpc) is 1.90. The van der Waals surface area contributed by atoms with Crippen molar-refractivity contribution in [1.29, 1.82) is 0 Å². The summed E-state index contributed by atoms with van der Waals surface area (Å²) >= 11 is 0. The molecule has 1 fully saturated rings. The first-order valence-corrected chi connectivity index (χ1v) is 3.44. The van der Waals surface area contributed by atoms with Gasteiger partial charge in [-0.25, -0.2) is 0 Å². The third-order valence-electron chi connectivity index (χ3n) is 1.85. The lowest BCUT2D eigenvalue weighted by atomic mass is 10.3. The SMILES string of the molecule is CN1CCN(CN)CC1. The van der Waals surface area contributed by atoms with Crippen LogP contribution in [0.2, 0.25) is 0 Å². The molecule has 0 saturated carbocycles. The molecule has 1 heterocycles. The molecular weight excluding hydrogens is 114 g/mol. The first-order chi connectivity index (χ1) is 4.33. The fourth-order valence-electron chi connectivity index (χ4n) is 1.03. The summed E-state index contributed by atoms with van der Waals surface area (Å²) in [5.41, 5.74) is 5.46. The quantitative estimate of drug-likeness (QED) is 0.500. The Morgan fingerprint density at radius 3 is 2.22 bits per heavy atom. The van der Waals surface area contributed by atoms with Crippen molar-refractivity contribution in [2.45, 2.75) is 0 Å². The van der Waals surface area contributed by atoms with E-state index in [0.717, 1.165) is 26.2 Å². The number of hydrogen-bond donors (Lipinski definition) is 1. The second-order valence-electron chi connectivity index (χ2n) is 2.60. The minimum atomic E-state index is 0.716. The Labute approximate surface area is 56.4 Å². The highest BCUT2D eigenvalue weighted by Crippen LogP contribution is 1.95. The van der Waals surface area contributed by atoms with E-state index in [9.17, 15) is 0 Å². The molecule has 0 unspecified atom stereocenters. The summed E-state index contributed by atoms with van der Waals surface area (Å²) in [5.74, 6) is 0. The van der Waals surface area contributed by atoms with Gasteiger partial charge >= 0.3 is 0 Å². The molecule has 9 heavy (non-hydrogen) atoms. The van der Waals surface area contributed by atoms with E-state index >= 15 is 0 Å². The van der Waals surface area contributed by atoms with E-state index in [1.807, 2.05) is 0 Å². The average molecular weight is 129 g/mol. The van der Waals surface area contributed by atoms with Gasteiger partial charge in [0.25, 0.3) is 0 Å². The third kappa shape index (κ3) is 1.93. The number of piperazine rings is 1. The summed E-state index contributed by atoms with van der Waals surface area (Å²) in [6, 6.07) is 0. The normalized spacial score (nSPS) is 24.7. The van der Waals surface area contributed by atoms with Gasteiger partial charge in [0.05, 0.1) is 0 Å². The second kappa shape index (κ2) is 3.15. The van der Waals surface area contributed by atoms with Crippen LogP contribution in [0, 0.1) is 0 Å². The number of likely N-dealkylation sites (N-methyl/N-ethyl adjacent to an activating group) is 1. The predicted molar refractivity (Wildman–Crippen MR) is 38.1 cm³/mol. The van der Waals surface area contributed by atoms with Crippen molar-refractivity contribution in [2.75, 3.05) is 39.9 Å². The van der Waals surface area contributed by atoms with Gasteiger partial charge in [0.1, 0.15) is 0 Å². The standard InChI is InChI=1S/C6H15N3/c1-8-2-4-9(6-7)5-3-8/h2-7H2,1H3. The molecule has 1 rings (SSSR count). The predicted octanol–water partition coefficient (Wildman–Crippen LogP) is -0.850. The number of rotatable bonds is 1. The number of nitrogens with two attached hydrogens (primary N) is 1. The Hall–Kier alpha value is -0.120. The molecule has 0 aromatic heterocycles. The van der Waals surface area contributed by atoms with Gasteiger partial charge in [0, 0.05) is 32.8 Å². The Kier molecular flexibility index (Phi) is 2.45. The van der Waals surface area contributed by atoms with Crippen LogP contribution in [0.1, 0.15) is 0 Å². The maximum Gasteiger partial charge on any atom is 0.0456 e. The molecule has 0 aliphatic carbocycles. The van der Waals surface area contributed by atoms with Crippen LogP contribution in [-0.2, 0) is 0 Å². The van der Waals surface area contributed by atoms with Crippen molar-refractivity contribution in [2.24, 2.45) is 5.73 Å². The van der Waals surface area contributed by atoms with Gasteiger partial charge in [0.15, 0.2) is 0 Å². The Morgan fingerprint density at radius 1 is 1.22 bits per heavy atom. The Morgan fingerprint density at radius 2 is 1.78 bits per heavy atom. The van der Waals surface area contributed by atoms with E-state index in [2.05, 4.69) is 16.8 Å². The largest absolute Gasteiger partial charge is 0.318 e. The van der Waals surface area contributed by atoms with E-state index in [0.29, 0.717) is 6.67 Å². The molecule has 3 nitrogen and oxygen atoms in total. The summed E-state index contributed by atoms with van der Waals surface area (Å²) in [5, 5.41) is 0. The number of nitrogens with zero attached hydrogens (tertiary/aromatic N) is 2. The van der Waals surface area contributed by atoms with Crippen LogP contribution in [0.25, 0.3) is 0 Å². The van der Waals surface area contributed by atoms with Gasteiger partial charge in [0.2, 0.25) is 0 Å². The lowest BCUT2D eigenvalue weighted by molar-refractivity contribution is 0.157. The molecule has 0 amide bonds. The van der Waals surface area contributed by atoms with Crippen molar-refractivity contribution in [3.8, 4) is 0 Å². The highest BCUT2D eigenvalue weighted by atomic mass is 15.3.